The standard InChI is InChI=1S/C7H10O2/c8-5-6-3-1-2-4-7(6)9/h1,3,5-7,9H,2,4H2. The highest BCUT2D eigenvalue weighted by molar-refractivity contribution is 5.57. The van der Waals surface area contributed by atoms with Gasteiger partial charge in [0.05, 0.1) is 12.0 Å². The monoisotopic (exact) mass is 126 g/mol. The van der Waals surface area contributed by atoms with Crippen molar-refractivity contribution in [1.82, 2.24) is 0 Å². The summed E-state index contributed by atoms with van der Waals surface area (Å²) in [6.45, 7) is 0. The quantitative estimate of drug-likeness (QED) is 0.410. The van der Waals surface area contributed by atoms with Gasteiger partial charge in [0.2, 0.25) is 0 Å². The van der Waals surface area contributed by atoms with Gasteiger partial charge in [-0.2, -0.15) is 0 Å². The molecule has 2 nitrogen and oxygen atoms in total. The zero-order chi connectivity index (χ0) is 6.69. The molecule has 0 aromatic rings. The number of aliphatic hydroxyl groups is 1. The van der Waals surface area contributed by atoms with Gasteiger partial charge in [0.15, 0.2) is 0 Å². The highest BCUT2D eigenvalue weighted by Gasteiger charge is 2.17. The maximum atomic E-state index is 10.2. The SMILES string of the molecule is O=CC1C=CCCC1O. The fourth-order valence-electron chi connectivity index (χ4n) is 0.977. The largest absolute Gasteiger partial charge is 0.392 e. The second-order valence-corrected chi connectivity index (χ2v) is 2.29. The predicted octanol–water partition coefficient (Wildman–Crippen LogP) is 0.512. The molecule has 0 spiro atoms. The number of aliphatic hydroxyl groups excluding tert-OH is 1. The second-order valence-electron chi connectivity index (χ2n) is 2.29. The van der Waals surface area contributed by atoms with Crippen LogP contribution in [0.15, 0.2) is 12.2 Å². The van der Waals surface area contributed by atoms with Crippen LogP contribution in [0.5, 0.6) is 0 Å². The van der Waals surface area contributed by atoms with Gasteiger partial charge in [-0.3, -0.25) is 0 Å². The summed E-state index contributed by atoms with van der Waals surface area (Å²) < 4.78 is 0. The van der Waals surface area contributed by atoms with Crippen molar-refractivity contribution in [3.05, 3.63) is 12.2 Å². The van der Waals surface area contributed by atoms with Gasteiger partial charge < -0.3 is 9.90 Å². The van der Waals surface area contributed by atoms with Gasteiger partial charge in [0, 0.05) is 0 Å². The average Bonchev–Trinajstić information content (AvgIpc) is 1.89. The number of carbonyl (C=O) groups is 1. The number of hydrogen-bond donors (Lipinski definition) is 1. The van der Waals surface area contributed by atoms with Crippen molar-refractivity contribution in [3.8, 4) is 0 Å². The van der Waals surface area contributed by atoms with Gasteiger partial charge >= 0.3 is 0 Å². The van der Waals surface area contributed by atoms with E-state index in [0.717, 1.165) is 19.1 Å². The molecule has 1 aliphatic carbocycles. The zero-order valence-corrected chi connectivity index (χ0v) is 5.16. The molecule has 0 radical (unpaired) electrons. The van der Waals surface area contributed by atoms with E-state index in [2.05, 4.69) is 0 Å². The van der Waals surface area contributed by atoms with E-state index in [1.165, 1.54) is 0 Å². The van der Waals surface area contributed by atoms with Gasteiger partial charge in [-0.15, -0.1) is 0 Å². The smallest absolute Gasteiger partial charge is 0.129 e. The number of allylic oxidation sites excluding steroid dienone is 1. The molecule has 0 aromatic heterocycles. The summed E-state index contributed by atoms with van der Waals surface area (Å²) in [5.74, 6) is -0.251. The molecule has 1 rings (SSSR count). The Bertz CT molecular complexity index is 129. The fraction of sp³-hybridized carbons (Fsp3) is 0.571. The van der Waals surface area contributed by atoms with Gasteiger partial charge in [-0.1, -0.05) is 12.2 Å². The molecule has 1 aliphatic rings. The van der Waals surface area contributed by atoms with Crippen LogP contribution in [0.25, 0.3) is 0 Å². The van der Waals surface area contributed by atoms with E-state index in [0.29, 0.717) is 0 Å². The van der Waals surface area contributed by atoms with Crippen LogP contribution in [0.2, 0.25) is 0 Å². The molecule has 0 saturated carbocycles. The van der Waals surface area contributed by atoms with E-state index in [4.69, 9.17) is 5.11 Å². The molecule has 1 N–H and O–H groups in total. The van der Waals surface area contributed by atoms with Gasteiger partial charge in [-0.25, -0.2) is 0 Å². The average molecular weight is 126 g/mol. The first-order valence-corrected chi connectivity index (χ1v) is 3.14. The van der Waals surface area contributed by atoms with Crippen molar-refractivity contribution in [2.24, 2.45) is 5.92 Å². The number of carbonyl (C=O) groups excluding carboxylic acids is 1. The Labute approximate surface area is 54.2 Å². The molecule has 2 heteroatoms. The lowest BCUT2D eigenvalue weighted by atomic mass is 9.94. The van der Waals surface area contributed by atoms with Crippen LogP contribution in [0.4, 0.5) is 0 Å². The predicted molar refractivity (Wildman–Crippen MR) is 33.9 cm³/mol. The van der Waals surface area contributed by atoms with Crippen LogP contribution in [0.1, 0.15) is 12.8 Å². The third-order valence-electron chi connectivity index (χ3n) is 1.59. The van der Waals surface area contributed by atoms with E-state index in [1.807, 2.05) is 6.08 Å². The fourth-order valence-corrected chi connectivity index (χ4v) is 0.977. The molecule has 2 unspecified atom stereocenters. The third-order valence-corrected chi connectivity index (χ3v) is 1.59. The third kappa shape index (κ3) is 1.39. The summed E-state index contributed by atoms with van der Waals surface area (Å²) in [7, 11) is 0. The van der Waals surface area contributed by atoms with Gasteiger partial charge in [-0.05, 0) is 12.8 Å². The molecule has 9 heavy (non-hydrogen) atoms. The Morgan fingerprint density at radius 2 is 2.44 bits per heavy atom. The van der Waals surface area contributed by atoms with Crippen LogP contribution in [0.3, 0.4) is 0 Å². The minimum absolute atomic E-state index is 0.251. The number of hydrogen-bond acceptors (Lipinski definition) is 2. The van der Waals surface area contributed by atoms with E-state index in [-0.39, 0.29) is 5.92 Å². The van der Waals surface area contributed by atoms with Crippen LogP contribution in [-0.4, -0.2) is 17.5 Å². The van der Waals surface area contributed by atoms with Crippen LogP contribution in [-0.2, 0) is 4.79 Å². The first kappa shape index (κ1) is 6.49. The molecule has 0 bridgehead atoms. The van der Waals surface area contributed by atoms with Crippen molar-refractivity contribution in [2.45, 2.75) is 18.9 Å². The van der Waals surface area contributed by atoms with E-state index in [9.17, 15) is 4.79 Å². The first-order chi connectivity index (χ1) is 4.34. The summed E-state index contributed by atoms with van der Waals surface area (Å²) in [5, 5.41) is 9.09. The Morgan fingerprint density at radius 1 is 1.67 bits per heavy atom. The van der Waals surface area contributed by atoms with Crippen LogP contribution < -0.4 is 0 Å². The van der Waals surface area contributed by atoms with Crippen LogP contribution >= 0.6 is 0 Å². The Kier molecular flexibility index (Phi) is 2.01. The maximum Gasteiger partial charge on any atom is 0.129 e. The summed E-state index contributed by atoms with van der Waals surface area (Å²) in [4.78, 5) is 10.2. The highest BCUT2D eigenvalue weighted by atomic mass is 16.3. The van der Waals surface area contributed by atoms with Crippen molar-refractivity contribution in [3.63, 3.8) is 0 Å². The molecule has 0 aliphatic heterocycles. The number of aldehydes is 1. The summed E-state index contributed by atoms with van der Waals surface area (Å²) in [6.07, 6.45) is 5.67. The summed E-state index contributed by atoms with van der Waals surface area (Å²) in [6, 6.07) is 0. The molecule has 0 amide bonds. The van der Waals surface area contributed by atoms with Gasteiger partial charge in [0.1, 0.15) is 6.29 Å². The molecule has 0 saturated heterocycles. The van der Waals surface area contributed by atoms with Crippen LogP contribution in [0, 0.1) is 5.92 Å². The van der Waals surface area contributed by atoms with Crippen molar-refractivity contribution < 1.29 is 9.90 Å². The summed E-state index contributed by atoms with van der Waals surface area (Å²) >= 11 is 0. The van der Waals surface area contributed by atoms with Gasteiger partial charge in [0.25, 0.3) is 0 Å². The second kappa shape index (κ2) is 2.78. The van der Waals surface area contributed by atoms with E-state index in [1.54, 1.807) is 6.08 Å². The lowest BCUT2D eigenvalue weighted by Gasteiger charge is -2.16. The zero-order valence-electron chi connectivity index (χ0n) is 5.16. The molecule has 50 valence electrons. The maximum absolute atomic E-state index is 10.2. The highest BCUT2D eigenvalue weighted by Crippen LogP contribution is 2.15. The van der Waals surface area contributed by atoms with Crippen molar-refractivity contribution in [2.75, 3.05) is 0 Å². The Morgan fingerprint density at radius 3 is 2.89 bits per heavy atom. The minimum atomic E-state index is -0.438. The summed E-state index contributed by atoms with van der Waals surface area (Å²) in [5.41, 5.74) is 0. The molecule has 0 aromatic carbocycles. The molecule has 0 fully saturated rings. The van der Waals surface area contributed by atoms with Crippen molar-refractivity contribution >= 4 is 6.29 Å². The topological polar surface area (TPSA) is 37.3 Å². The minimum Gasteiger partial charge on any atom is -0.392 e. The Balaban J connectivity index is 2.56. The number of rotatable bonds is 1. The molecule has 0 heterocycles. The molecular weight excluding hydrogens is 116 g/mol. The van der Waals surface area contributed by atoms with Crippen molar-refractivity contribution in [1.29, 1.82) is 0 Å². The molecule has 2 atom stereocenters. The lowest BCUT2D eigenvalue weighted by Crippen LogP contribution is -2.21. The van der Waals surface area contributed by atoms with E-state index >= 15 is 0 Å². The normalized spacial score (nSPS) is 34.3. The molecular formula is C7H10O2. The van der Waals surface area contributed by atoms with E-state index < -0.39 is 6.10 Å². The first-order valence-electron chi connectivity index (χ1n) is 3.14. The Hall–Kier alpha value is -0.630. The lowest BCUT2D eigenvalue weighted by molar-refractivity contribution is -0.112.